The summed E-state index contributed by atoms with van der Waals surface area (Å²) in [5, 5.41) is 5.82. The van der Waals surface area contributed by atoms with Crippen molar-refractivity contribution in [1.29, 1.82) is 0 Å². The van der Waals surface area contributed by atoms with Crippen LogP contribution in [-0.2, 0) is 16.1 Å². The summed E-state index contributed by atoms with van der Waals surface area (Å²) in [6.45, 7) is 4.52. The minimum Gasteiger partial charge on any atom is -0.352 e. The maximum absolute atomic E-state index is 12.0. The van der Waals surface area contributed by atoms with Crippen LogP contribution in [0.15, 0.2) is 35.3 Å². The lowest BCUT2D eigenvalue weighted by Gasteiger charge is -2.07. The molecule has 1 aliphatic rings. The van der Waals surface area contributed by atoms with Crippen LogP contribution in [0.4, 0.5) is 0 Å². The molecule has 2 rings (SSSR count). The first-order chi connectivity index (χ1) is 10.6. The van der Waals surface area contributed by atoms with Crippen LogP contribution in [0, 0.1) is 0 Å². The monoisotopic (exact) mass is 319 g/mol. The molecule has 1 heterocycles. The summed E-state index contributed by atoms with van der Waals surface area (Å²) in [4.78, 5) is 28.2. The molecule has 1 aromatic rings. The Balaban J connectivity index is 1.82. The lowest BCUT2D eigenvalue weighted by atomic mass is 10.2. The van der Waals surface area contributed by atoms with Gasteiger partial charge < -0.3 is 10.6 Å². The quantitative estimate of drug-likeness (QED) is 0.843. The zero-order chi connectivity index (χ0) is 15.9. The summed E-state index contributed by atoms with van der Waals surface area (Å²) in [6.07, 6.45) is 1.09. The van der Waals surface area contributed by atoms with Gasteiger partial charge in [-0.2, -0.15) is 0 Å². The predicted octanol–water partition coefficient (Wildman–Crippen LogP) is 2.08. The maximum atomic E-state index is 12.0. The fourth-order valence-corrected chi connectivity index (χ4v) is 3.00. The van der Waals surface area contributed by atoms with Crippen molar-refractivity contribution in [1.82, 2.24) is 10.6 Å². The van der Waals surface area contributed by atoms with Crippen LogP contribution >= 0.6 is 11.8 Å². The molecule has 1 aromatic carbocycles. The summed E-state index contributed by atoms with van der Waals surface area (Å²) >= 11 is 1.34. The molecule has 0 spiro atoms. The highest BCUT2D eigenvalue weighted by Crippen LogP contribution is 2.23. The first-order valence-corrected chi connectivity index (χ1v) is 8.32. The van der Waals surface area contributed by atoms with Crippen molar-refractivity contribution in [2.24, 2.45) is 4.99 Å². The van der Waals surface area contributed by atoms with Crippen molar-refractivity contribution in [2.75, 3.05) is 0 Å². The second-order valence-corrected chi connectivity index (χ2v) is 6.45. The number of nitrogens with one attached hydrogen (secondary N) is 2. The second kappa shape index (κ2) is 7.98. The molecule has 0 saturated carbocycles. The zero-order valence-electron chi connectivity index (χ0n) is 12.8. The summed E-state index contributed by atoms with van der Waals surface area (Å²) < 4.78 is 0. The van der Waals surface area contributed by atoms with E-state index in [1.54, 1.807) is 0 Å². The molecule has 2 amide bonds. The molecule has 6 heteroatoms. The van der Waals surface area contributed by atoms with E-state index < -0.39 is 5.25 Å². The number of benzene rings is 1. The van der Waals surface area contributed by atoms with Crippen molar-refractivity contribution in [3.05, 3.63) is 35.9 Å². The average molecular weight is 319 g/mol. The fraction of sp³-hybridized carbons (Fsp3) is 0.438. The molecule has 1 saturated heterocycles. The smallest absolute Gasteiger partial charge is 0.240 e. The minimum atomic E-state index is -0.390. The topological polar surface area (TPSA) is 70.6 Å². The fourth-order valence-electron chi connectivity index (χ4n) is 1.93. The molecule has 1 fully saturated rings. The van der Waals surface area contributed by atoms with Crippen molar-refractivity contribution in [3.8, 4) is 0 Å². The molecule has 0 unspecified atom stereocenters. The average Bonchev–Trinajstić information content (AvgIpc) is 2.85. The Morgan fingerprint density at radius 2 is 2.14 bits per heavy atom. The lowest BCUT2D eigenvalue weighted by Crippen LogP contribution is -2.31. The molecule has 0 aromatic heterocycles. The normalized spacial score (nSPS) is 20.7. The molecule has 1 aliphatic heterocycles. The summed E-state index contributed by atoms with van der Waals surface area (Å²) in [5.74, 6) is -0.261. The number of amidine groups is 1. The second-order valence-electron chi connectivity index (χ2n) is 5.25. The van der Waals surface area contributed by atoms with Crippen LogP contribution < -0.4 is 10.6 Å². The van der Waals surface area contributed by atoms with E-state index in [-0.39, 0.29) is 24.3 Å². The van der Waals surface area contributed by atoms with Gasteiger partial charge in [0.05, 0.1) is 0 Å². The molecule has 5 nitrogen and oxygen atoms in total. The van der Waals surface area contributed by atoms with E-state index in [1.165, 1.54) is 11.8 Å². The zero-order valence-corrected chi connectivity index (χ0v) is 13.7. The summed E-state index contributed by atoms with van der Waals surface area (Å²) in [5.41, 5.74) is 1.04. The van der Waals surface area contributed by atoms with Gasteiger partial charge in [0.15, 0.2) is 5.17 Å². The molecular formula is C16H21N3O2S. The number of hydrogen-bond donors (Lipinski definition) is 2. The van der Waals surface area contributed by atoms with E-state index >= 15 is 0 Å². The van der Waals surface area contributed by atoms with Crippen LogP contribution in [0.25, 0.3) is 0 Å². The van der Waals surface area contributed by atoms with Gasteiger partial charge in [0.1, 0.15) is 5.25 Å². The number of carbonyl (C=O) groups is 2. The predicted molar refractivity (Wildman–Crippen MR) is 89.6 cm³/mol. The van der Waals surface area contributed by atoms with Gasteiger partial charge in [0, 0.05) is 19.0 Å². The van der Waals surface area contributed by atoms with Gasteiger partial charge in [-0.25, -0.2) is 0 Å². The van der Waals surface area contributed by atoms with Crippen molar-refractivity contribution < 1.29 is 9.59 Å². The number of nitrogens with zero attached hydrogens (tertiary/aromatic N) is 1. The Hall–Kier alpha value is -1.82. The Bertz CT molecular complexity index is 560. The summed E-state index contributed by atoms with van der Waals surface area (Å²) in [7, 11) is 0. The van der Waals surface area contributed by atoms with Crippen LogP contribution in [-0.4, -0.2) is 28.3 Å². The standard InChI is InChI=1S/C16H21N3O2S/c1-3-11(2)18-16-19-15(21)13(22-16)9-14(20)17-10-12-7-5-4-6-8-12/h4-8,11,13H,3,9-10H2,1-2H3,(H,17,20)(H,18,19,21)/t11-,13-/m0/s1. The van der Waals surface area contributed by atoms with E-state index in [9.17, 15) is 9.59 Å². The van der Waals surface area contributed by atoms with E-state index in [1.807, 2.05) is 44.2 Å². The minimum absolute atomic E-state index is 0.124. The summed E-state index contributed by atoms with van der Waals surface area (Å²) in [6, 6.07) is 9.87. The van der Waals surface area contributed by atoms with Gasteiger partial charge in [0.2, 0.25) is 11.8 Å². The molecule has 118 valence electrons. The Kier molecular flexibility index (Phi) is 6.00. The van der Waals surface area contributed by atoms with Gasteiger partial charge in [-0.05, 0) is 18.9 Å². The van der Waals surface area contributed by atoms with E-state index in [0.29, 0.717) is 11.7 Å². The number of thioether (sulfide) groups is 1. The number of amides is 2. The molecule has 0 aliphatic carbocycles. The first kappa shape index (κ1) is 16.5. The molecule has 2 N–H and O–H groups in total. The first-order valence-electron chi connectivity index (χ1n) is 7.44. The highest BCUT2D eigenvalue weighted by Gasteiger charge is 2.32. The van der Waals surface area contributed by atoms with E-state index in [4.69, 9.17) is 0 Å². The molecule has 0 bridgehead atoms. The number of rotatable bonds is 6. The Morgan fingerprint density at radius 3 is 2.82 bits per heavy atom. The number of hydrogen-bond acceptors (Lipinski definition) is 4. The van der Waals surface area contributed by atoms with Gasteiger partial charge in [-0.15, -0.1) is 0 Å². The van der Waals surface area contributed by atoms with Gasteiger partial charge in [0.25, 0.3) is 0 Å². The largest absolute Gasteiger partial charge is 0.352 e. The van der Waals surface area contributed by atoms with Crippen molar-refractivity contribution >= 4 is 28.7 Å². The highest BCUT2D eigenvalue weighted by molar-refractivity contribution is 8.15. The molecule has 22 heavy (non-hydrogen) atoms. The molecular weight excluding hydrogens is 298 g/mol. The third-order valence-electron chi connectivity index (χ3n) is 3.41. The third kappa shape index (κ3) is 4.87. The molecule has 2 atom stereocenters. The van der Waals surface area contributed by atoms with Crippen molar-refractivity contribution in [3.63, 3.8) is 0 Å². The third-order valence-corrected chi connectivity index (χ3v) is 4.50. The maximum Gasteiger partial charge on any atom is 0.240 e. The van der Waals surface area contributed by atoms with Crippen LogP contribution in [0.2, 0.25) is 0 Å². The lowest BCUT2D eigenvalue weighted by molar-refractivity contribution is -0.125. The number of aliphatic imine (C=N–C) groups is 1. The van der Waals surface area contributed by atoms with Gasteiger partial charge in [-0.3, -0.25) is 14.6 Å². The highest BCUT2D eigenvalue weighted by atomic mass is 32.2. The van der Waals surface area contributed by atoms with Crippen LogP contribution in [0.5, 0.6) is 0 Å². The van der Waals surface area contributed by atoms with Gasteiger partial charge in [-0.1, -0.05) is 49.0 Å². The van der Waals surface area contributed by atoms with E-state index in [0.717, 1.165) is 12.0 Å². The van der Waals surface area contributed by atoms with Crippen LogP contribution in [0.3, 0.4) is 0 Å². The van der Waals surface area contributed by atoms with E-state index in [2.05, 4.69) is 15.6 Å². The Labute approximate surface area is 135 Å². The number of carbonyl (C=O) groups excluding carboxylic acids is 2. The van der Waals surface area contributed by atoms with Crippen LogP contribution in [0.1, 0.15) is 32.3 Å². The molecule has 0 radical (unpaired) electrons. The SMILES string of the molecule is CC[C@H](C)N=C1NC(=O)[C@H](CC(=O)NCc2ccccc2)S1. The van der Waals surface area contributed by atoms with Crippen molar-refractivity contribution in [2.45, 2.75) is 44.5 Å². The van der Waals surface area contributed by atoms with Gasteiger partial charge >= 0.3 is 0 Å². The Morgan fingerprint density at radius 1 is 1.41 bits per heavy atom.